The molecule has 0 unspecified atom stereocenters. The van der Waals surface area contributed by atoms with E-state index in [2.05, 4.69) is 25.0 Å². The largest absolute Gasteiger partial charge is 0.360 e. The van der Waals surface area contributed by atoms with Gasteiger partial charge in [0, 0.05) is 24.5 Å². The molecule has 0 fully saturated rings. The predicted octanol–water partition coefficient (Wildman–Crippen LogP) is 2.28. The van der Waals surface area contributed by atoms with Crippen molar-refractivity contribution < 1.29 is 0 Å². The summed E-state index contributed by atoms with van der Waals surface area (Å²) in [5, 5.41) is 15.6. The van der Waals surface area contributed by atoms with Crippen LogP contribution in [0.4, 0.5) is 5.69 Å². The predicted molar refractivity (Wildman–Crippen MR) is 95.2 cm³/mol. The molecule has 3 heterocycles. The molecule has 1 aliphatic rings. The van der Waals surface area contributed by atoms with E-state index >= 15 is 0 Å². The van der Waals surface area contributed by atoms with E-state index in [4.69, 9.17) is 23.2 Å². The average molecular weight is 377 g/mol. The second-order valence-electron chi connectivity index (χ2n) is 5.77. The lowest BCUT2D eigenvalue weighted by molar-refractivity contribution is 0.545. The molecule has 0 saturated carbocycles. The first-order valence-electron chi connectivity index (χ1n) is 7.76. The summed E-state index contributed by atoms with van der Waals surface area (Å²) in [6.45, 7) is 1.90. The van der Waals surface area contributed by atoms with Crippen LogP contribution in [0.2, 0.25) is 10.0 Å². The molecule has 1 aromatic carbocycles. The molecule has 0 amide bonds. The standard InChI is InChI=1S/C16H14Cl2N6O/c17-11-4-2-1-3-10(11)7-13-20-21-14-9-23(5-6-24(13)14)12-8-19-22-16(25)15(12)18/h1-4,8H,5-7,9H2,(H,22,25). The van der Waals surface area contributed by atoms with Gasteiger partial charge in [0.15, 0.2) is 5.82 Å². The van der Waals surface area contributed by atoms with Gasteiger partial charge in [-0.15, -0.1) is 10.2 Å². The molecule has 0 bridgehead atoms. The number of H-pyrrole nitrogens is 1. The van der Waals surface area contributed by atoms with Crippen molar-refractivity contribution in [1.29, 1.82) is 0 Å². The van der Waals surface area contributed by atoms with Crippen molar-refractivity contribution in [3.63, 3.8) is 0 Å². The lowest BCUT2D eigenvalue weighted by Gasteiger charge is -2.29. The maximum Gasteiger partial charge on any atom is 0.285 e. The van der Waals surface area contributed by atoms with Gasteiger partial charge in [-0.25, -0.2) is 5.10 Å². The molecular formula is C16H14Cl2N6O. The number of benzene rings is 1. The molecule has 128 valence electrons. The first kappa shape index (κ1) is 16.1. The van der Waals surface area contributed by atoms with E-state index in [1.165, 1.54) is 0 Å². The van der Waals surface area contributed by atoms with E-state index in [0.717, 1.165) is 22.2 Å². The number of fused-ring (bicyclic) bond motifs is 1. The number of aromatic nitrogens is 5. The molecular weight excluding hydrogens is 363 g/mol. The minimum Gasteiger partial charge on any atom is -0.360 e. The summed E-state index contributed by atoms with van der Waals surface area (Å²) in [7, 11) is 0. The minimum absolute atomic E-state index is 0.138. The van der Waals surface area contributed by atoms with Crippen molar-refractivity contribution in [3.05, 3.63) is 68.1 Å². The van der Waals surface area contributed by atoms with Crippen LogP contribution >= 0.6 is 23.2 Å². The fraction of sp³-hybridized carbons (Fsp3) is 0.250. The second kappa shape index (κ2) is 6.50. The highest BCUT2D eigenvalue weighted by Crippen LogP contribution is 2.26. The summed E-state index contributed by atoms with van der Waals surface area (Å²) < 4.78 is 2.09. The van der Waals surface area contributed by atoms with Crippen molar-refractivity contribution in [2.45, 2.75) is 19.5 Å². The van der Waals surface area contributed by atoms with Gasteiger partial charge >= 0.3 is 0 Å². The van der Waals surface area contributed by atoms with Crippen LogP contribution in [0.1, 0.15) is 17.2 Å². The molecule has 4 rings (SSSR count). The number of hydrogen-bond donors (Lipinski definition) is 1. The third kappa shape index (κ3) is 3.01. The van der Waals surface area contributed by atoms with E-state index in [1.54, 1.807) is 6.20 Å². The molecule has 9 heteroatoms. The van der Waals surface area contributed by atoms with Crippen LogP contribution in [0.5, 0.6) is 0 Å². The van der Waals surface area contributed by atoms with Crippen LogP contribution in [0.25, 0.3) is 0 Å². The van der Waals surface area contributed by atoms with Gasteiger partial charge in [0.1, 0.15) is 10.8 Å². The molecule has 7 nitrogen and oxygen atoms in total. The molecule has 2 aromatic heterocycles. The van der Waals surface area contributed by atoms with Crippen molar-refractivity contribution in [1.82, 2.24) is 25.0 Å². The molecule has 0 aliphatic carbocycles. The van der Waals surface area contributed by atoms with E-state index in [9.17, 15) is 4.79 Å². The topological polar surface area (TPSA) is 79.7 Å². The molecule has 0 spiro atoms. The van der Waals surface area contributed by atoms with Gasteiger partial charge in [-0.3, -0.25) is 4.79 Å². The minimum atomic E-state index is -0.398. The highest BCUT2D eigenvalue weighted by atomic mass is 35.5. The molecule has 0 saturated heterocycles. The number of halogens is 2. The van der Waals surface area contributed by atoms with Crippen molar-refractivity contribution >= 4 is 28.9 Å². The smallest absolute Gasteiger partial charge is 0.285 e. The van der Waals surface area contributed by atoms with E-state index in [-0.39, 0.29) is 5.02 Å². The summed E-state index contributed by atoms with van der Waals surface area (Å²) in [5.41, 5.74) is 1.22. The quantitative estimate of drug-likeness (QED) is 0.758. The fourth-order valence-corrected chi connectivity index (χ4v) is 3.37. The third-order valence-electron chi connectivity index (χ3n) is 4.25. The number of anilines is 1. The van der Waals surface area contributed by atoms with Crippen LogP contribution in [0.15, 0.2) is 35.3 Å². The van der Waals surface area contributed by atoms with Crippen LogP contribution in [0, 0.1) is 0 Å². The van der Waals surface area contributed by atoms with E-state index in [0.29, 0.717) is 31.7 Å². The number of nitrogens with zero attached hydrogens (tertiary/aromatic N) is 5. The van der Waals surface area contributed by atoms with Crippen LogP contribution in [0.3, 0.4) is 0 Å². The molecule has 1 N–H and O–H groups in total. The van der Waals surface area contributed by atoms with Gasteiger partial charge in [-0.2, -0.15) is 5.10 Å². The molecule has 1 aliphatic heterocycles. The normalized spacial score (nSPS) is 13.8. The summed E-state index contributed by atoms with van der Waals surface area (Å²) in [6, 6.07) is 7.72. The summed E-state index contributed by atoms with van der Waals surface area (Å²) in [6.07, 6.45) is 2.18. The molecule has 0 radical (unpaired) electrons. The van der Waals surface area contributed by atoms with Gasteiger partial charge < -0.3 is 9.47 Å². The van der Waals surface area contributed by atoms with Gasteiger partial charge in [0.05, 0.1) is 18.4 Å². The summed E-state index contributed by atoms with van der Waals surface area (Å²) in [5.74, 6) is 1.70. The maximum absolute atomic E-state index is 11.6. The zero-order chi connectivity index (χ0) is 17.4. The van der Waals surface area contributed by atoms with Gasteiger partial charge in [0.25, 0.3) is 5.56 Å². The highest BCUT2D eigenvalue weighted by Gasteiger charge is 2.24. The fourth-order valence-electron chi connectivity index (χ4n) is 2.96. The second-order valence-corrected chi connectivity index (χ2v) is 6.56. The van der Waals surface area contributed by atoms with E-state index in [1.807, 2.05) is 29.2 Å². The van der Waals surface area contributed by atoms with Gasteiger partial charge in [-0.05, 0) is 11.6 Å². The Bertz CT molecular complexity index is 983. The number of hydrogen-bond acceptors (Lipinski definition) is 5. The SMILES string of the molecule is O=c1[nH]ncc(N2CCn3c(Cc4ccccc4Cl)nnc3C2)c1Cl. The molecule has 3 aromatic rings. The summed E-state index contributed by atoms with van der Waals surface area (Å²) >= 11 is 12.3. The van der Waals surface area contributed by atoms with Gasteiger partial charge in [0.2, 0.25) is 0 Å². The maximum atomic E-state index is 11.6. The number of nitrogens with one attached hydrogen (secondary N) is 1. The Hall–Kier alpha value is -2.38. The Kier molecular flexibility index (Phi) is 4.19. The Morgan fingerprint density at radius 2 is 2.00 bits per heavy atom. The lowest BCUT2D eigenvalue weighted by atomic mass is 10.1. The number of aromatic amines is 1. The average Bonchev–Trinajstić information content (AvgIpc) is 3.01. The monoisotopic (exact) mass is 376 g/mol. The van der Waals surface area contributed by atoms with Crippen LogP contribution in [-0.4, -0.2) is 31.5 Å². The zero-order valence-electron chi connectivity index (χ0n) is 13.1. The molecule has 0 atom stereocenters. The highest BCUT2D eigenvalue weighted by molar-refractivity contribution is 6.33. The Morgan fingerprint density at radius 3 is 2.84 bits per heavy atom. The third-order valence-corrected chi connectivity index (χ3v) is 4.99. The van der Waals surface area contributed by atoms with Crippen LogP contribution in [-0.2, 0) is 19.5 Å². The van der Waals surface area contributed by atoms with E-state index < -0.39 is 5.56 Å². The molecule has 25 heavy (non-hydrogen) atoms. The Morgan fingerprint density at radius 1 is 1.16 bits per heavy atom. The van der Waals surface area contributed by atoms with Crippen molar-refractivity contribution in [2.24, 2.45) is 0 Å². The Labute approximate surface area is 153 Å². The van der Waals surface area contributed by atoms with Crippen molar-refractivity contribution in [3.8, 4) is 0 Å². The lowest BCUT2D eigenvalue weighted by Crippen LogP contribution is -2.35. The number of rotatable bonds is 3. The van der Waals surface area contributed by atoms with Crippen molar-refractivity contribution in [2.75, 3.05) is 11.4 Å². The first-order chi connectivity index (χ1) is 12.1. The zero-order valence-corrected chi connectivity index (χ0v) is 14.6. The summed E-state index contributed by atoms with van der Waals surface area (Å²) in [4.78, 5) is 13.6. The Balaban J connectivity index is 1.60. The van der Waals surface area contributed by atoms with Gasteiger partial charge in [-0.1, -0.05) is 41.4 Å². The van der Waals surface area contributed by atoms with Crippen LogP contribution < -0.4 is 10.5 Å². The first-order valence-corrected chi connectivity index (χ1v) is 8.51.